The number of aryl methyl sites for hydroxylation is 1. The number of thiophene rings is 1. The number of esters is 2. The van der Waals surface area contributed by atoms with E-state index in [1.165, 1.54) is 6.07 Å². The summed E-state index contributed by atoms with van der Waals surface area (Å²) in [5.74, 6) is -3.08. The number of amides is 1. The first kappa shape index (κ1) is 24.9. The van der Waals surface area contributed by atoms with E-state index >= 15 is 0 Å². The van der Waals surface area contributed by atoms with E-state index in [1.54, 1.807) is 19.1 Å². The lowest BCUT2D eigenvalue weighted by Gasteiger charge is -2.32. The van der Waals surface area contributed by atoms with E-state index in [4.69, 9.17) is 9.47 Å². The van der Waals surface area contributed by atoms with Gasteiger partial charge in [-0.25, -0.2) is 9.59 Å². The van der Waals surface area contributed by atoms with Gasteiger partial charge in [-0.3, -0.25) is 19.8 Å². The molecular formula is C25H23N3O7S. The second-order valence-corrected chi connectivity index (χ2v) is 8.85. The quantitative estimate of drug-likeness (QED) is 0.202. The molecular weight excluding hydrogens is 486 g/mol. The smallest absolute Gasteiger partial charge is 0.397 e. The summed E-state index contributed by atoms with van der Waals surface area (Å²) in [7, 11) is 1.15. The van der Waals surface area contributed by atoms with Gasteiger partial charge in [0.05, 0.1) is 24.3 Å². The highest BCUT2D eigenvalue weighted by Crippen LogP contribution is 2.43. The second-order valence-electron chi connectivity index (χ2n) is 7.81. The standard InChI is InChI=1S/C25H23N3O7S/c1-3-35-25(31)22(29)27(20-15-21(24(30)34-2)36-23(20)28(32)33)18-12-11-16-8-7-13-26(19(16)14-18)17-9-5-4-6-10-17/h4-6,9-12,14-15H,3,7-8,13H2,1-2H3. The molecule has 0 spiro atoms. The van der Waals surface area contributed by atoms with Gasteiger partial charge >= 0.3 is 22.8 Å². The number of anilines is 4. The van der Waals surface area contributed by atoms with Crippen molar-refractivity contribution in [2.45, 2.75) is 19.8 Å². The predicted octanol–water partition coefficient (Wildman–Crippen LogP) is 4.76. The van der Waals surface area contributed by atoms with E-state index in [1.807, 2.05) is 36.4 Å². The van der Waals surface area contributed by atoms with Crippen LogP contribution in [0.4, 0.5) is 27.8 Å². The van der Waals surface area contributed by atoms with Crippen molar-refractivity contribution in [2.24, 2.45) is 0 Å². The molecule has 4 rings (SSSR count). The number of methoxy groups -OCH3 is 1. The zero-order valence-corrected chi connectivity index (χ0v) is 20.4. The summed E-state index contributed by atoms with van der Waals surface area (Å²) in [4.78, 5) is 52.0. The van der Waals surface area contributed by atoms with E-state index in [0.717, 1.165) is 48.3 Å². The molecule has 10 nitrogen and oxygen atoms in total. The topological polar surface area (TPSA) is 119 Å². The maximum absolute atomic E-state index is 13.3. The van der Waals surface area contributed by atoms with Crippen LogP contribution in [0.15, 0.2) is 54.6 Å². The van der Waals surface area contributed by atoms with Crippen LogP contribution < -0.4 is 9.80 Å². The lowest BCUT2D eigenvalue weighted by molar-refractivity contribution is -0.379. The minimum atomic E-state index is -1.17. The minimum Gasteiger partial charge on any atom is -0.465 e. The number of hydrogen-bond acceptors (Lipinski definition) is 9. The normalized spacial score (nSPS) is 12.4. The van der Waals surface area contributed by atoms with Crippen LogP contribution in [0.3, 0.4) is 0 Å². The van der Waals surface area contributed by atoms with Gasteiger partial charge < -0.3 is 14.4 Å². The van der Waals surface area contributed by atoms with Crippen molar-refractivity contribution in [1.29, 1.82) is 0 Å². The number of para-hydroxylation sites is 1. The molecule has 36 heavy (non-hydrogen) atoms. The van der Waals surface area contributed by atoms with Crippen LogP contribution in [0.5, 0.6) is 0 Å². The lowest BCUT2D eigenvalue weighted by Crippen LogP contribution is -2.34. The number of nitro groups is 1. The number of rotatable bonds is 6. The Labute approximate surface area is 210 Å². The Bertz CT molecular complexity index is 1320. The molecule has 0 saturated heterocycles. The maximum atomic E-state index is 13.3. The third-order valence-electron chi connectivity index (χ3n) is 5.65. The largest absolute Gasteiger partial charge is 0.465 e. The Balaban J connectivity index is 1.89. The fourth-order valence-corrected chi connectivity index (χ4v) is 4.97. The molecule has 0 unspecified atom stereocenters. The summed E-state index contributed by atoms with van der Waals surface area (Å²) in [5.41, 5.74) is 2.82. The van der Waals surface area contributed by atoms with E-state index in [2.05, 4.69) is 4.90 Å². The average Bonchev–Trinajstić information content (AvgIpc) is 3.34. The molecule has 1 aliphatic heterocycles. The number of carbonyl (C=O) groups excluding carboxylic acids is 3. The molecule has 186 valence electrons. The highest BCUT2D eigenvalue weighted by atomic mass is 32.1. The van der Waals surface area contributed by atoms with Gasteiger partial charge in [-0.05, 0) is 55.7 Å². The number of hydrogen-bond donors (Lipinski definition) is 0. The third kappa shape index (κ3) is 4.78. The van der Waals surface area contributed by atoms with Gasteiger partial charge in [0, 0.05) is 17.9 Å². The van der Waals surface area contributed by atoms with Crippen molar-refractivity contribution in [2.75, 3.05) is 30.1 Å². The van der Waals surface area contributed by atoms with Gasteiger partial charge in [0.25, 0.3) is 0 Å². The molecule has 1 amide bonds. The summed E-state index contributed by atoms with van der Waals surface area (Å²) in [6, 6.07) is 16.1. The molecule has 0 saturated carbocycles. The Morgan fingerprint density at radius 3 is 2.56 bits per heavy atom. The Morgan fingerprint density at radius 1 is 1.14 bits per heavy atom. The molecule has 11 heteroatoms. The Kier molecular flexibility index (Phi) is 7.30. The summed E-state index contributed by atoms with van der Waals surface area (Å²) < 4.78 is 9.61. The molecule has 1 aromatic heterocycles. The Morgan fingerprint density at radius 2 is 1.89 bits per heavy atom. The highest BCUT2D eigenvalue weighted by molar-refractivity contribution is 7.17. The van der Waals surface area contributed by atoms with Crippen LogP contribution in [0, 0.1) is 10.1 Å². The molecule has 0 N–H and O–H groups in total. The fourth-order valence-electron chi connectivity index (χ4n) is 4.09. The summed E-state index contributed by atoms with van der Waals surface area (Å²) in [6.45, 7) is 2.23. The molecule has 2 heterocycles. The van der Waals surface area contributed by atoms with Gasteiger partial charge in [-0.15, -0.1) is 0 Å². The van der Waals surface area contributed by atoms with E-state index in [9.17, 15) is 24.5 Å². The van der Waals surface area contributed by atoms with Gasteiger partial charge in [0.15, 0.2) is 0 Å². The van der Waals surface area contributed by atoms with E-state index < -0.39 is 27.8 Å². The van der Waals surface area contributed by atoms with Crippen LogP contribution in [-0.4, -0.2) is 43.0 Å². The van der Waals surface area contributed by atoms with Crippen molar-refractivity contribution in [3.63, 3.8) is 0 Å². The van der Waals surface area contributed by atoms with E-state index in [-0.39, 0.29) is 22.9 Å². The van der Waals surface area contributed by atoms with Crippen LogP contribution in [0.25, 0.3) is 0 Å². The molecule has 0 aliphatic carbocycles. The first-order valence-electron chi connectivity index (χ1n) is 11.2. The second kappa shape index (κ2) is 10.6. The number of nitrogens with zero attached hydrogens (tertiary/aromatic N) is 3. The molecule has 0 bridgehead atoms. The molecule has 0 fully saturated rings. The van der Waals surface area contributed by atoms with Gasteiger partial charge in [-0.2, -0.15) is 0 Å². The monoisotopic (exact) mass is 509 g/mol. The van der Waals surface area contributed by atoms with Crippen molar-refractivity contribution < 1.29 is 28.8 Å². The lowest BCUT2D eigenvalue weighted by atomic mass is 10.00. The molecule has 0 atom stereocenters. The summed E-state index contributed by atoms with van der Waals surface area (Å²) in [6.07, 6.45) is 1.74. The SMILES string of the molecule is CCOC(=O)C(=O)N(c1ccc2c(c1)N(c1ccccc1)CCC2)c1cc(C(=O)OC)sc1[N+](=O)[O-]. The van der Waals surface area contributed by atoms with Crippen LogP contribution in [0.2, 0.25) is 0 Å². The number of fused-ring (bicyclic) bond motifs is 1. The zero-order valence-electron chi connectivity index (χ0n) is 19.6. The van der Waals surface area contributed by atoms with Crippen molar-refractivity contribution in [1.82, 2.24) is 0 Å². The number of ether oxygens (including phenoxy) is 2. The van der Waals surface area contributed by atoms with Crippen molar-refractivity contribution in [3.05, 3.63) is 75.2 Å². The predicted molar refractivity (Wildman–Crippen MR) is 134 cm³/mol. The zero-order chi connectivity index (χ0) is 25.8. The van der Waals surface area contributed by atoms with Crippen LogP contribution in [0.1, 0.15) is 28.6 Å². The molecule has 3 aromatic rings. The van der Waals surface area contributed by atoms with Gasteiger partial charge in [-0.1, -0.05) is 35.6 Å². The van der Waals surface area contributed by atoms with Crippen LogP contribution in [-0.2, 0) is 25.5 Å². The van der Waals surface area contributed by atoms with Crippen molar-refractivity contribution >= 4 is 56.9 Å². The maximum Gasteiger partial charge on any atom is 0.397 e. The Hall–Kier alpha value is -4.25. The minimum absolute atomic E-state index is 0.0521. The van der Waals surface area contributed by atoms with Gasteiger partial charge in [0.2, 0.25) is 0 Å². The summed E-state index contributed by atoms with van der Waals surface area (Å²) >= 11 is 0.562. The third-order valence-corrected chi connectivity index (χ3v) is 6.71. The highest BCUT2D eigenvalue weighted by Gasteiger charge is 2.35. The summed E-state index contributed by atoms with van der Waals surface area (Å²) in [5, 5.41) is 11.4. The molecule has 0 radical (unpaired) electrons. The number of benzene rings is 2. The average molecular weight is 510 g/mol. The van der Waals surface area contributed by atoms with Crippen LogP contribution >= 0.6 is 11.3 Å². The molecule has 2 aromatic carbocycles. The first-order chi connectivity index (χ1) is 17.3. The van der Waals surface area contributed by atoms with Gasteiger partial charge in [0.1, 0.15) is 10.6 Å². The number of carbonyl (C=O) groups is 3. The van der Waals surface area contributed by atoms with Crippen molar-refractivity contribution in [3.8, 4) is 0 Å². The van der Waals surface area contributed by atoms with E-state index in [0.29, 0.717) is 11.3 Å². The first-order valence-corrected chi connectivity index (χ1v) is 12.0. The fraction of sp³-hybridized carbons (Fsp3) is 0.240. The molecule has 1 aliphatic rings.